The molecule has 0 saturated heterocycles. The SMILES string of the molecule is CC(=NC(=O)OC(C)(C)C)C(=O)OC(C)C. The van der Waals surface area contributed by atoms with Gasteiger partial charge >= 0.3 is 12.1 Å². The van der Waals surface area contributed by atoms with Gasteiger partial charge in [-0.2, -0.15) is 4.99 Å². The summed E-state index contributed by atoms with van der Waals surface area (Å²) in [5.41, 5.74) is -0.633. The second-order valence-corrected chi connectivity index (χ2v) is 4.63. The van der Waals surface area contributed by atoms with Crippen molar-refractivity contribution < 1.29 is 19.1 Å². The van der Waals surface area contributed by atoms with Gasteiger partial charge in [0.25, 0.3) is 0 Å². The van der Waals surface area contributed by atoms with E-state index in [1.165, 1.54) is 6.92 Å². The average Bonchev–Trinajstić information content (AvgIpc) is 1.98. The van der Waals surface area contributed by atoms with E-state index in [1.54, 1.807) is 34.6 Å². The number of carbonyl (C=O) groups excluding carboxylic acids is 2. The second kappa shape index (κ2) is 5.63. The molecule has 0 saturated carbocycles. The maximum atomic E-state index is 11.3. The molecule has 0 aromatic carbocycles. The van der Waals surface area contributed by atoms with E-state index in [9.17, 15) is 9.59 Å². The summed E-state index contributed by atoms with van der Waals surface area (Å²) in [5, 5.41) is 0. The van der Waals surface area contributed by atoms with E-state index in [2.05, 4.69) is 4.99 Å². The Balaban J connectivity index is 4.43. The van der Waals surface area contributed by atoms with E-state index >= 15 is 0 Å². The quantitative estimate of drug-likeness (QED) is 0.538. The molecule has 0 atom stereocenters. The van der Waals surface area contributed by atoms with Gasteiger partial charge in [0.05, 0.1) is 6.10 Å². The number of nitrogens with zero attached hydrogens (tertiary/aromatic N) is 1. The number of hydrogen-bond acceptors (Lipinski definition) is 4. The molecule has 0 bridgehead atoms. The van der Waals surface area contributed by atoms with Crippen molar-refractivity contribution in [3.05, 3.63) is 0 Å². The average molecular weight is 229 g/mol. The molecule has 5 nitrogen and oxygen atoms in total. The molecular formula is C11H19NO4. The summed E-state index contributed by atoms with van der Waals surface area (Å²) in [6, 6.07) is 0. The summed E-state index contributed by atoms with van der Waals surface area (Å²) < 4.78 is 9.79. The Kier molecular flexibility index (Phi) is 5.14. The number of rotatable bonds is 2. The highest BCUT2D eigenvalue weighted by atomic mass is 16.6. The fourth-order valence-electron chi connectivity index (χ4n) is 0.767. The summed E-state index contributed by atoms with van der Waals surface area (Å²) >= 11 is 0. The fraction of sp³-hybridized carbons (Fsp3) is 0.727. The van der Waals surface area contributed by atoms with Crippen LogP contribution in [0.3, 0.4) is 0 Å². The van der Waals surface area contributed by atoms with Crippen LogP contribution in [0.4, 0.5) is 4.79 Å². The van der Waals surface area contributed by atoms with Crippen LogP contribution in [0.5, 0.6) is 0 Å². The highest BCUT2D eigenvalue weighted by Gasteiger charge is 2.17. The molecule has 16 heavy (non-hydrogen) atoms. The molecule has 1 amide bonds. The molecule has 0 aliphatic heterocycles. The van der Waals surface area contributed by atoms with Crippen molar-refractivity contribution in [1.82, 2.24) is 0 Å². The first-order chi connectivity index (χ1) is 7.11. The van der Waals surface area contributed by atoms with Crippen LogP contribution < -0.4 is 0 Å². The maximum Gasteiger partial charge on any atom is 0.434 e. The van der Waals surface area contributed by atoms with Gasteiger partial charge in [0, 0.05) is 0 Å². The topological polar surface area (TPSA) is 65.0 Å². The van der Waals surface area contributed by atoms with E-state index in [-0.39, 0.29) is 11.8 Å². The summed E-state index contributed by atoms with van der Waals surface area (Å²) in [6.45, 7) is 10.0. The monoisotopic (exact) mass is 229 g/mol. The minimum absolute atomic E-state index is 0.0112. The number of hydrogen-bond donors (Lipinski definition) is 0. The molecule has 0 aromatic heterocycles. The molecule has 0 spiro atoms. The van der Waals surface area contributed by atoms with Crippen molar-refractivity contribution >= 4 is 17.8 Å². The summed E-state index contributed by atoms with van der Waals surface area (Å²) in [4.78, 5) is 26.0. The molecular weight excluding hydrogens is 210 g/mol. The molecule has 0 aliphatic carbocycles. The lowest BCUT2D eigenvalue weighted by Crippen LogP contribution is -2.24. The predicted molar refractivity (Wildman–Crippen MR) is 60.6 cm³/mol. The molecule has 0 rings (SSSR count). The zero-order valence-corrected chi connectivity index (χ0v) is 10.7. The first-order valence-electron chi connectivity index (χ1n) is 5.11. The Hall–Kier alpha value is -1.39. The number of aliphatic imine (C=N–C) groups is 1. The third-order valence-electron chi connectivity index (χ3n) is 1.29. The minimum atomic E-state index is -0.786. The van der Waals surface area contributed by atoms with Gasteiger partial charge in [-0.05, 0) is 41.5 Å². The van der Waals surface area contributed by atoms with Crippen molar-refractivity contribution in [3.8, 4) is 0 Å². The van der Waals surface area contributed by atoms with Crippen LogP contribution in [0.15, 0.2) is 4.99 Å². The smallest absolute Gasteiger partial charge is 0.434 e. The van der Waals surface area contributed by atoms with Crippen LogP contribution >= 0.6 is 0 Å². The molecule has 0 radical (unpaired) electrons. The van der Waals surface area contributed by atoms with Gasteiger partial charge in [0.15, 0.2) is 0 Å². The first-order valence-corrected chi connectivity index (χ1v) is 5.11. The van der Waals surface area contributed by atoms with Gasteiger partial charge in [0.2, 0.25) is 0 Å². The predicted octanol–water partition coefficient (Wildman–Crippen LogP) is 2.33. The number of ether oxygens (including phenoxy) is 2. The molecule has 0 aromatic rings. The standard InChI is InChI=1S/C11H19NO4/c1-7(2)15-9(13)8(3)12-10(14)16-11(4,5)6/h7H,1-6H3. The molecule has 0 fully saturated rings. The van der Waals surface area contributed by atoms with E-state index in [1.807, 2.05) is 0 Å². The third kappa shape index (κ3) is 6.98. The van der Waals surface area contributed by atoms with Gasteiger partial charge in [-0.1, -0.05) is 0 Å². The number of amides is 1. The minimum Gasteiger partial charge on any atom is -0.458 e. The van der Waals surface area contributed by atoms with Gasteiger partial charge in [-0.3, -0.25) is 0 Å². The molecule has 0 aliphatic rings. The van der Waals surface area contributed by atoms with Crippen LogP contribution in [0.2, 0.25) is 0 Å². The van der Waals surface area contributed by atoms with Crippen LogP contribution in [0.1, 0.15) is 41.5 Å². The first kappa shape index (κ1) is 14.6. The Morgan fingerprint density at radius 2 is 1.69 bits per heavy atom. The third-order valence-corrected chi connectivity index (χ3v) is 1.29. The maximum absolute atomic E-state index is 11.3. The van der Waals surface area contributed by atoms with Crippen molar-refractivity contribution in [2.45, 2.75) is 53.2 Å². The largest absolute Gasteiger partial charge is 0.458 e. The molecule has 0 unspecified atom stereocenters. The Morgan fingerprint density at radius 3 is 2.06 bits per heavy atom. The lowest BCUT2D eigenvalue weighted by Gasteiger charge is -2.17. The Labute approximate surface area is 95.8 Å². The van der Waals surface area contributed by atoms with Gasteiger partial charge < -0.3 is 9.47 Å². The zero-order chi connectivity index (χ0) is 12.9. The van der Waals surface area contributed by atoms with Gasteiger partial charge in [-0.15, -0.1) is 0 Å². The van der Waals surface area contributed by atoms with Gasteiger partial charge in [-0.25, -0.2) is 9.59 Å². The van der Waals surface area contributed by atoms with Crippen molar-refractivity contribution in [2.24, 2.45) is 4.99 Å². The highest BCUT2D eigenvalue weighted by Crippen LogP contribution is 2.08. The number of carbonyl (C=O) groups is 2. The lowest BCUT2D eigenvalue weighted by molar-refractivity contribution is -0.139. The van der Waals surface area contributed by atoms with E-state index < -0.39 is 17.7 Å². The van der Waals surface area contributed by atoms with Crippen molar-refractivity contribution in [1.29, 1.82) is 0 Å². The van der Waals surface area contributed by atoms with Crippen LogP contribution in [-0.4, -0.2) is 29.5 Å². The van der Waals surface area contributed by atoms with E-state index in [4.69, 9.17) is 9.47 Å². The second-order valence-electron chi connectivity index (χ2n) is 4.63. The van der Waals surface area contributed by atoms with E-state index in [0.717, 1.165) is 0 Å². The van der Waals surface area contributed by atoms with Crippen LogP contribution in [0, 0.1) is 0 Å². The normalized spacial score (nSPS) is 12.6. The Bertz CT molecular complexity index is 300. The fourth-order valence-corrected chi connectivity index (χ4v) is 0.767. The Morgan fingerprint density at radius 1 is 1.19 bits per heavy atom. The number of esters is 1. The highest BCUT2D eigenvalue weighted by molar-refractivity contribution is 6.36. The summed E-state index contributed by atoms with van der Waals surface area (Å²) in [6.07, 6.45) is -1.03. The summed E-state index contributed by atoms with van der Waals surface area (Å²) in [7, 11) is 0. The van der Waals surface area contributed by atoms with E-state index in [0.29, 0.717) is 0 Å². The zero-order valence-electron chi connectivity index (χ0n) is 10.7. The summed E-state index contributed by atoms with van der Waals surface area (Å²) in [5.74, 6) is -0.610. The van der Waals surface area contributed by atoms with Crippen LogP contribution in [0.25, 0.3) is 0 Å². The molecule has 92 valence electrons. The molecule has 5 heteroatoms. The van der Waals surface area contributed by atoms with Crippen molar-refractivity contribution in [3.63, 3.8) is 0 Å². The van der Waals surface area contributed by atoms with Crippen LogP contribution in [-0.2, 0) is 14.3 Å². The van der Waals surface area contributed by atoms with Crippen molar-refractivity contribution in [2.75, 3.05) is 0 Å². The molecule has 0 heterocycles. The van der Waals surface area contributed by atoms with Gasteiger partial charge in [0.1, 0.15) is 11.3 Å². The molecule has 0 N–H and O–H groups in total. The lowest BCUT2D eigenvalue weighted by atomic mass is 10.2.